The van der Waals surface area contributed by atoms with E-state index in [2.05, 4.69) is 18.3 Å². The molecule has 0 radical (unpaired) electrons. The van der Waals surface area contributed by atoms with Crippen LogP contribution in [0.25, 0.3) is 0 Å². The Hall–Kier alpha value is -2.82. The first kappa shape index (κ1) is 17.0. The standard InChI is InChI=1S/C20H23N3O2/c1-14-12-17-6-4-5-7-18(17)23(14)20(25)21-13-15-8-10-16(11-9-15)19(24)22(2)3/h4-11,14H,12-13H2,1-3H3,(H,21,25). The van der Waals surface area contributed by atoms with Crippen molar-refractivity contribution < 1.29 is 9.59 Å². The Morgan fingerprint density at radius 2 is 1.80 bits per heavy atom. The summed E-state index contributed by atoms with van der Waals surface area (Å²) < 4.78 is 0. The summed E-state index contributed by atoms with van der Waals surface area (Å²) in [5.74, 6) is -0.0296. The molecule has 2 aromatic carbocycles. The van der Waals surface area contributed by atoms with Gasteiger partial charge in [0.25, 0.3) is 5.91 Å². The van der Waals surface area contributed by atoms with E-state index in [1.54, 1.807) is 31.1 Å². The molecular weight excluding hydrogens is 314 g/mol. The van der Waals surface area contributed by atoms with Crippen molar-refractivity contribution in [3.05, 3.63) is 65.2 Å². The minimum atomic E-state index is -0.0918. The van der Waals surface area contributed by atoms with Crippen molar-refractivity contribution in [3.63, 3.8) is 0 Å². The number of carbonyl (C=O) groups is 2. The summed E-state index contributed by atoms with van der Waals surface area (Å²) >= 11 is 0. The number of hydrogen-bond donors (Lipinski definition) is 1. The maximum Gasteiger partial charge on any atom is 0.322 e. The minimum absolute atomic E-state index is 0.0296. The van der Waals surface area contributed by atoms with Gasteiger partial charge < -0.3 is 10.2 Å². The van der Waals surface area contributed by atoms with Gasteiger partial charge in [-0.25, -0.2) is 4.79 Å². The van der Waals surface area contributed by atoms with Crippen LogP contribution in [0.3, 0.4) is 0 Å². The molecule has 0 aromatic heterocycles. The van der Waals surface area contributed by atoms with E-state index < -0.39 is 0 Å². The van der Waals surface area contributed by atoms with Gasteiger partial charge >= 0.3 is 6.03 Å². The molecule has 1 N–H and O–H groups in total. The van der Waals surface area contributed by atoms with Gasteiger partial charge in [0.1, 0.15) is 0 Å². The number of hydrogen-bond acceptors (Lipinski definition) is 2. The van der Waals surface area contributed by atoms with Gasteiger partial charge in [-0.15, -0.1) is 0 Å². The molecule has 1 atom stereocenters. The molecule has 25 heavy (non-hydrogen) atoms. The van der Waals surface area contributed by atoms with E-state index in [4.69, 9.17) is 0 Å². The number of nitrogens with zero attached hydrogens (tertiary/aromatic N) is 2. The summed E-state index contributed by atoms with van der Waals surface area (Å²) in [5, 5.41) is 2.98. The Bertz CT molecular complexity index is 784. The Morgan fingerprint density at radius 1 is 1.12 bits per heavy atom. The molecule has 5 nitrogen and oxygen atoms in total. The molecule has 0 fully saturated rings. The monoisotopic (exact) mass is 337 g/mol. The molecule has 1 aliphatic heterocycles. The number of amides is 3. The number of carbonyl (C=O) groups excluding carboxylic acids is 2. The fourth-order valence-electron chi connectivity index (χ4n) is 3.16. The molecule has 1 heterocycles. The van der Waals surface area contributed by atoms with Crippen molar-refractivity contribution in [1.29, 1.82) is 0 Å². The summed E-state index contributed by atoms with van der Waals surface area (Å²) in [5.41, 5.74) is 3.79. The molecule has 2 aromatic rings. The zero-order valence-electron chi connectivity index (χ0n) is 14.8. The van der Waals surface area contributed by atoms with Crippen LogP contribution in [-0.2, 0) is 13.0 Å². The Kier molecular flexibility index (Phi) is 4.74. The normalized spacial score (nSPS) is 15.6. The van der Waals surface area contributed by atoms with Gasteiger partial charge in [-0.3, -0.25) is 9.69 Å². The third-order valence-corrected chi connectivity index (χ3v) is 4.48. The molecule has 0 aliphatic carbocycles. The lowest BCUT2D eigenvalue weighted by molar-refractivity contribution is 0.0827. The first-order chi connectivity index (χ1) is 12.0. The van der Waals surface area contributed by atoms with Crippen LogP contribution in [0.1, 0.15) is 28.4 Å². The van der Waals surface area contributed by atoms with Crippen molar-refractivity contribution in [2.24, 2.45) is 0 Å². The van der Waals surface area contributed by atoms with Gasteiger partial charge in [0.2, 0.25) is 0 Å². The van der Waals surface area contributed by atoms with E-state index in [0.29, 0.717) is 12.1 Å². The average Bonchev–Trinajstić information content (AvgIpc) is 2.95. The van der Waals surface area contributed by atoms with Crippen LogP contribution in [0.2, 0.25) is 0 Å². The summed E-state index contributed by atoms with van der Waals surface area (Å²) in [6.07, 6.45) is 0.880. The maximum atomic E-state index is 12.6. The Labute approximate surface area is 148 Å². The third kappa shape index (κ3) is 3.50. The van der Waals surface area contributed by atoms with Gasteiger partial charge in [-0.05, 0) is 42.7 Å². The minimum Gasteiger partial charge on any atom is -0.345 e. The van der Waals surface area contributed by atoms with E-state index in [1.165, 1.54) is 5.56 Å². The Balaban J connectivity index is 1.64. The van der Waals surface area contributed by atoms with E-state index in [9.17, 15) is 9.59 Å². The molecule has 0 saturated carbocycles. The van der Waals surface area contributed by atoms with E-state index >= 15 is 0 Å². The molecule has 0 saturated heterocycles. The van der Waals surface area contributed by atoms with Crippen molar-refractivity contribution in [3.8, 4) is 0 Å². The molecule has 130 valence electrons. The zero-order valence-corrected chi connectivity index (χ0v) is 14.8. The molecule has 5 heteroatoms. The van der Waals surface area contributed by atoms with Crippen LogP contribution in [0.5, 0.6) is 0 Å². The van der Waals surface area contributed by atoms with E-state index in [-0.39, 0.29) is 18.0 Å². The van der Waals surface area contributed by atoms with Crippen LogP contribution >= 0.6 is 0 Å². The van der Waals surface area contributed by atoms with Gasteiger partial charge in [0, 0.05) is 37.9 Å². The highest BCUT2D eigenvalue weighted by atomic mass is 16.2. The molecule has 0 bridgehead atoms. The van der Waals surface area contributed by atoms with Gasteiger partial charge in [0.05, 0.1) is 0 Å². The SMILES string of the molecule is CC1Cc2ccccc2N1C(=O)NCc1ccc(C(=O)N(C)C)cc1. The van der Waals surface area contributed by atoms with Crippen LogP contribution in [0.4, 0.5) is 10.5 Å². The number of fused-ring (bicyclic) bond motifs is 1. The first-order valence-electron chi connectivity index (χ1n) is 8.43. The topological polar surface area (TPSA) is 52.7 Å². The van der Waals surface area contributed by atoms with Crippen molar-refractivity contribution in [2.75, 3.05) is 19.0 Å². The molecule has 1 aliphatic rings. The van der Waals surface area contributed by atoms with Crippen molar-refractivity contribution >= 4 is 17.6 Å². The lowest BCUT2D eigenvalue weighted by Gasteiger charge is -2.23. The van der Waals surface area contributed by atoms with E-state index in [1.807, 2.05) is 35.2 Å². The second-order valence-electron chi connectivity index (χ2n) is 6.61. The fourth-order valence-corrected chi connectivity index (χ4v) is 3.16. The average molecular weight is 337 g/mol. The smallest absolute Gasteiger partial charge is 0.322 e. The molecule has 3 rings (SSSR count). The quantitative estimate of drug-likeness (QED) is 0.936. The highest BCUT2D eigenvalue weighted by molar-refractivity contribution is 5.95. The number of anilines is 1. The molecule has 1 unspecified atom stereocenters. The van der Waals surface area contributed by atoms with Gasteiger partial charge in [-0.2, -0.15) is 0 Å². The van der Waals surface area contributed by atoms with Crippen LogP contribution in [0, 0.1) is 0 Å². The van der Waals surface area contributed by atoms with E-state index in [0.717, 1.165) is 17.7 Å². The van der Waals surface area contributed by atoms with Crippen LogP contribution in [0.15, 0.2) is 48.5 Å². The zero-order chi connectivity index (χ0) is 18.0. The summed E-state index contributed by atoms with van der Waals surface area (Å²) in [6.45, 7) is 2.49. The molecule has 0 spiro atoms. The second kappa shape index (κ2) is 6.97. The van der Waals surface area contributed by atoms with Gasteiger partial charge in [-0.1, -0.05) is 30.3 Å². The number of para-hydroxylation sites is 1. The first-order valence-corrected chi connectivity index (χ1v) is 8.43. The lowest BCUT2D eigenvalue weighted by Crippen LogP contribution is -2.42. The highest BCUT2D eigenvalue weighted by Gasteiger charge is 2.30. The third-order valence-electron chi connectivity index (χ3n) is 4.48. The summed E-state index contributed by atoms with van der Waals surface area (Å²) in [7, 11) is 3.46. The van der Waals surface area contributed by atoms with Crippen molar-refractivity contribution in [1.82, 2.24) is 10.2 Å². The Morgan fingerprint density at radius 3 is 2.48 bits per heavy atom. The van der Waals surface area contributed by atoms with Crippen molar-refractivity contribution in [2.45, 2.75) is 25.9 Å². The number of nitrogens with one attached hydrogen (secondary N) is 1. The number of urea groups is 1. The van der Waals surface area contributed by atoms with Crippen LogP contribution < -0.4 is 10.2 Å². The predicted octanol–water partition coefficient (Wildman–Crippen LogP) is 3.05. The van der Waals surface area contributed by atoms with Gasteiger partial charge in [0.15, 0.2) is 0 Å². The summed E-state index contributed by atoms with van der Waals surface area (Å²) in [6, 6.07) is 15.4. The summed E-state index contributed by atoms with van der Waals surface area (Å²) in [4.78, 5) is 27.9. The maximum absolute atomic E-state index is 12.6. The molecular formula is C20H23N3O2. The second-order valence-corrected chi connectivity index (χ2v) is 6.61. The number of rotatable bonds is 3. The fraction of sp³-hybridized carbons (Fsp3) is 0.300. The largest absolute Gasteiger partial charge is 0.345 e. The predicted molar refractivity (Wildman–Crippen MR) is 98.8 cm³/mol. The molecule has 3 amide bonds. The van der Waals surface area contributed by atoms with Crippen LogP contribution in [-0.4, -0.2) is 37.0 Å². The number of benzene rings is 2. The highest BCUT2D eigenvalue weighted by Crippen LogP contribution is 2.31. The lowest BCUT2D eigenvalue weighted by atomic mass is 10.1.